The van der Waals surface area contributed by atoms with E-state index in [2.05, 4.69) is 0 Å². The van der Waals surface area contributed by atoms with E-state index in [1.165, 1.54) is 0 Å². The van der Waals surface area contributed by atoms with Gasteiger partial charge < -0.3 is 9.47 Å². The molecular weight excluding hydrogens is 312 g/mol. The van der Waals surface area contributed by atoms with Crippen molar-refractivity contribution in [2.24, 2.45) is 0 Å². The second-order valence-electron chi connectivity index (χ2n) is 5.15. The van der Waals surface area contributed by atoms with Gasteiger partial charge in [-0.25, -0.2) is 9.00 Å². The van der Waals surface area contributed by atoms with E-state index in [0.29, 0.717) is 35.8 Å². The van der Waals surface area contributed by atoms with Crippen LogP contribution in [0, 0.1) is 0 Å². The summed E-state index contributed by atoms with van der Waals surface area (Å²) in [5, 5.41) is 0. The van der Waals surface area contributed by atoms with Crippen LogP contribution < -0.4 is 4.74 Å². The van der Waals surface area contributed by atoms with Crippen LogP contribution in [0.25, 0.3) is 0 Å². The zero-order valence-electron chi connectivity index (χ0n) is 13.1. The molecule has 1 aliphatic rings. The molecule has 0 aromatic heterocycles. The first-order valence-electron chi connectivity index (χ1n) is 7.62. The molecule has 0 aliphatic carbocycles. The van der Waals surface area contributed by atoms with E-state index in [1.54, 1.807) is 19.1 Å². The van der Waals surface area contributed by atoms with Crippen molar-refractivity contribution in [1.82, 2.24) is 0 Å². The van der Waals surface area contributed by atoms with E-state index in [4.69, 9.17) is 9.47 Å². The van der Waals surface area contributed by atoms with Gasteiger partial charge >= 0.3 is 5.97 Å². The highest BCUT2D eigenvalue weighted by atomic mass is 32.2. The van der Waals surface area contributed by atoms with Crippen molar-refractivity contribution in [3.63, 3.8) is 0 Å². The van der Waals surface area contributed by atoms with Gasteiger partial charge in [0.05, 0.1) is 34.5 Å². The van der Waals surface area contributed by atoms with Gasteiger partial charge in [-0.15, -0.1) is 0 Å². The average molecular weight is 330 g/mol. The third-order valence-electron chi connectivity index (χ3n) is 3.73. The van der Waals surface area contributed by atoms with Crippen molar-refractivity contribution in [1.29, 1.82) is 0 Å². The summed E-state index contributed by atoms with van der Waals surface area (Å²) in [7, 11) is -1.32. The molecule has 0 fully saturated rings. The summed E-state index contributed by atoms with van der Waals surface area (Å²) in [6.07, 6.45) is 0.567. The number of hydrogen-bond donors (Lipinski definition) is 0. The van der Waals surface area contributed by atoms with Gasteiger partial charge in [0.1, 0.15) is 5.75 Å². The van der Waals surface area contributed by atoms with Gasteiger partial charge in [-0.05, 0) is 43.2 Å². The van der Waals surface area contributed by atoms with Crippen LogP contribution in [0.3, 0.4) is 0 Å². The predicted octanol–water partition coefficient (Wildman–Crippen LogP) is 3.33. The molecule has 0 saturated heterocycles. The van der Waals surface area contributed by atoms with Gasteiger partial charge in [0, 0.05) is 11.3 Å². The van der Waals surface area contributed by atoms with E-state index in [-0.39, 0.29) is 0 Å². The van der Waals surface area contributed by atoms with Gasteiger partial charge in [0.15, 0.2) is 0 Å². The molecule has 0 saturated carbocycles. The molecule has 120 valence electrons. The Hall–Kier alpha value is -2.14. The van der Waals surface area contributed by atoms with Crippen molar-refractivity contribution >= 4 is 16.8 Å². The van der Waals surface area contributed by atoms with Crippen molar-refractivity contribution in [3.8, 4) is 5.75 Å². The average Bonchev–Trinajstić information content (AvgIpc) is 2.56. The van der Waals surface area contributed by atoms with E-state index in [0.717, 1.165) is 16.0 Å². The molecule has 1 unspecified atom stereocenters. The molecule has 1 aliphatic heterocycles. The van der Waals surface area contributed by atoms with E-state index >= 15 is 0 Å². The maximum Gasteiger partial charge on any atom is 0.338 e. The van der Waals surface area contributed by atoms with Gasteiger partial charge in [0.2, 0.25) is 0 Å². The molecule has 2 aromatic carbocycles. The zero-order valence-corrected chi connectivity index (χ0v) is 13.9. The zero-order chi connectivity index (χ0) is 16.4. The highest BCUT2D eigenvalue weighted by molar-refractivity contribution is 7.85. The molecule has 1 heterocycles. The summed E-state index contributed by atoms with van der Waals surface area (Å²) in [4.78, 5) is 13.7. The summed E-state index contributed by atoms with van der Waals surface area (Å²) < 4.78 is 23.6. The molecule has 0 radical (unpaired) electrons. The molecule has 3 rings (SSSR count). The van der Waals surface area contributed by atoms with E-state index in [1.807, 2.05) is 31.2 Å². The third kappa shape index (κ3) is 2.88. The maximum atomic E-state index is 12.9. The lowest BCUT2D eigenvalue weighted by atomic mass is 9.98. The van der Waals surface area contributed by atoms with Gasteiger partial charge in [-0.2, -0.15) is 0 Å². The topological polar surface area (TPSA) is 52.6 Å². The van der Waals surface area contributed by atoms with Gasteiger partial charge in [0.25, 0.3) is 0 Å². The first-order chi connectivity index (χ1) is 11.2. The van der Waals surface area contributed by atoms with Crippen LogP contribution in [0.15, 0.2) is 46.2 Å². The lowest BCUT2D eigenvalue weighted by Crippen LogP contribution is -2.16. The number of rotatable bonds is 4. The van der Waals surface area contributed by atoms with Crippen LogP contribution in [0.5, 0.6) is 5.75 Å². The molecule has 5 heteroatoms. The molecule has 0 amide bonds. The minimum absolute atomic E-state index is 0.298. The number of ether oxygens (including phenoxy) is 2. The van der Waals surface area contributed by atoms with Crippen molar-refractivity contribution in [2.75, 3.05) is 13.2 Å². The monoisotopic (exact) mass is 330 g/mol. The Bertz CT molecular complexity index is 783. The van der Waals surface area contributed by atoms with Gasteiger partial charge in [-0.1, -0.05) is 18.2 Å². The summed E-state index contributed by atoms with van der Waals surface area (Å²) in [5.41, 5.74) is 2.19. The Morgan fingerprint density at radius 3 is 2.65 bits per heavy atom. The van der Waals surface area contributed by atoms with Crippen LogP contribution in [-0.4, -0.2) is 23.4 Å². The minimum atomic E-state index is -1.32. The Kier molecular flexibility index (Phi) is 4.48. The van der Waals surface area contributed by atoms with Crippen LogP contribution in [0.2, 0.25) is 0 Å². The first-order valence-corrected chi connectivity index (χ1v) is 8.77. The Morgan fingerprint density at radius 2 is 1.91 bits per heavy atom. The molecule has 23 heavy (non-hydrogen) atoms. The summed E-state index contributed by atoms with van der Waals surface area (Å²) in [5.74, 6) is 0.142. The highest BCUT2D eigenvalue weighted by Crippen LogP contribution is 2.36. The Labute approximate surface area is 137 Å². The second kappa shape index (κ2) is 6.54. The Balaban J connectivity index is 2.16. The smallest absolute Gasteiger partial charge is 0.338 e. The molecule has 0 spiro atoms. The lowest BCUT2D eigenvalue weighted by molar-refractivity contribution is 0.0524. The summed E-state index contributed by atoms with van der Waals surface area (Å²) in [6.45, 7) is 4.41. The van der Waals surface area contributed by atoms with Crippen molar-refractivity contribution in [2.45, 2.75) is 30.1 Å². The number of esters is 1. The SMILES string of the molecule is CCOC(=O)c1cc(OCC)cc2c1Cc1ccccc1S2=O. The fourth-order valence-electron chi connectivity index (χ4n) is 2.75. The molecule has 1 atom stereocenters. The first kappa shape index (κ1) is 15.7. The van der Waals surface area contributed by atoms with Crippen LogP contribution in [-0.2, 0) is 22.0 Å². The number of carbonyl (C=O) groups is 1. The molecule has 2 aromatic rings. The number of fused-ring (bicyclic) bond motifs is 2. The van der Waals surface area contributed by atoms with Crippen LogP contribution in [0.4, 0.5) is 0 Å². The maximum absolute atomic E-state index is 12.9. The van der Waals surface area contributed by atoms with Gasteiger partial charge in [-0.3, -0.25) is 0 Å². The largest absolute Gasteiger partial charge is 0.494 e. The van der Waals surface area contributed by atoms with E-state index < -0.39 is 16.8 Å². The normalized spacial score (nSPS) is 15.5. The molecule has 0 bridgehead atoms. The molecule has 0 N–H and O–H groups in total. The quantitative estimate of drug-likeness (QED) is 0.689. The van der Waals surface area contributed by atoms with Crippen molar-refractivity contribution < 1.29 is 18.5 Å². The van der Waals surface area contributed by atoms with E-state index in [9.17, 15) is 9.00 Å². The summed E-state index contributed by atoms with van der Waals surface area (Å²) in [6, 6.07) is 11.1. The van der Waals surface area contributed by atoms with Crippen LogP contribution >= 0.6 is 0 Å². The fourth-order valence-corrected chi connectivity index (χ4v) is 4.20. The molecular formula is C18H18O4S. The third-order valence-corrected chi connectivity index (χ3v) is 5.29. The summed E-state index contributed by atoms with van der Waals surface area (Å²) >= 11 is 0. The minimum Gasteiger partial charge on any atom is -0.494 e. The Morgan fingerprint density at radius 1 is 1.13 bits per heavy atom. The number of hydrogen-bond acceptors (Lipinski definition) is 4. The number of benzene rings is 2. The second-order valence-corrected chi connectivity index (χ2v) is 6.57. The van der Waals surface area contributed by atoms with Crippen LogP contribution in [0.1, 0.15) is 35.3 Å². The number of carbonyl (C=O) groups excluding carboxylic acids is 1. The fraction of sp³-hybridized carbons (Fsp3) is 0.278. The lowest BCUT2D eigenvalue weighted by Gasteiger charge is -2.22. The van der Waals surface area contributed by atoms with Crippen molar-refractivity contribution in [3.05, 3.63) is 53.1 Å². The highest BCUT2D eigenvalue weighted by Gasteiger charge is 2.27. The predicted molar refractivity (Wildman–Crippen MR) is 87.5 cm³/mol. The molecule has 4 nitrogen and oxygen atoms in total. The standard InChI is InChI=1S/C18H18O4S/c1-3-21-13-10-15(18(19)22-4-2)14-9-12-7-5-6-8-16(12)23(20)17(14)11-13/h5-8,10-11H,3-4,9H2,1-2H3.